The third kappa shape index (κ3) is 6.02. The lowest BCUT2D eigenvalue weighted by atomic mass is 10.3. The van der Waals surface area contributed by atoms with E-state index in [0.717, 1.165) is 17.2 Å². The fourth-order valence-electron chi connectivity index (χ4n) is 2.36. The second-order valence-electron chi connectivity index (χ2n) is 5.70. The third-order valence-electron chi connectivity index (χ3n) is 3.65. The molecule has 1 N–H and O–H groups in total. The van der Waals surface area contributed by atoms with Crippen molar-refractivity contribution >= 4 is 17.7 Å². The van der Waals surface area contributed by atoms with E-state index in [0.29, 0.717) is 24.9 Å². The van der Waals surface area contributed by atoms with Crippen LogP contribution in [0.5, 0.6) is 11.5 Å². The summed E-state index contributed by atoms with van der Waals surface area (Å²) in [5, 5.41) is 7.74. The van der Waals surface area contributed by atoms with E-state index in [2.05, 4.69) is 15.4 Å². The second-order valence-corrected chi connectivity index (χ2v) is 6.64. The van der Waals surface area contributed by atoms with E-state index in [1.54, 1.807) is 11.0 Å². The van der Waals surface area contributed by atoms with Crippen LogP contribution in [0.25, 0.3) is 5.69 Å². The highest BCUT2D eigenvalue weighted by Gasteiger charge is 2.07. The normalized spacial score (nSPS) is 10.5. The number of carbonyl (C=O) groups excluding carboxylic acids is 1. The topological polar surface area (TPSA) is 78.3 Å². The van der Waals surface area contributed by atoms with Gasteiger partial charge in [0.1, 0.15) is 24.4 Å². The van der Waals surface area contributed by atoms with Crippen LogP contribution in [-0.4, -0.2) is 46.2 Å². The summed E-state index contributed by atoms with van der Waals surface area (Å²) in [6.07, 6.45) is 1.64. The van der Waals surface area contributed by atoms with Gasteiger partial charge in [-0.1, -0.05) is 30.0 Å². The van der Waals surface area contributed by atoms with Crippen molar-refractivity contribution in [1.82, 2.24) is 20.1 Å². The molecule has 0 radical (unpaired) electrons. The number of benzene rings is 2. The van der Waals surface area contributed by atoms with Gasteiger partial charge in [-0.25, -0.2) is 9.67 Å². The first-order valence-corrected chi connectivity index (χ1v) is 9.95. The van der Waals surface area contributed by atoms with Gasteiger partial charge in [-0.3, -0.25) is 4.79 Å². The Morgan fingerprint density at radius 2 is 1.79 bits per heavy atom. The van der Waals surface area contributed by atoms with E-state index in [1.807, 2.05) is 61.5 Å². The molecule has 0 spiro atoms. The summed E-state index contributed by atoms with van der Waals surface area (Å²) in [4.78, 5) is 16.2. The number of thioether (sulfide) groups is 1. The summed E-state index contributed by atoms with van der Waals surface area (Å²) >= 11 is 1.29. The highest BCUT2D eigenvalue weighted by molar-refractivity contribution is 7.99. The number of ether oxygens (including phenoxy) is 2. The molecule has 0 unspecified atom stereocenters. The molecule has 8 heteroatoms. The van der Waals surface area contributed by atoms with Gasteiger partial charge >= 0.3 is 0 Å². The van der Waals surface area contributed by atoms with E-state index in [9.17, 15) is 4.79 Å². The maximum absolute atomic E-state index is 12.0. The van der Waals surface area contributed by atoms with Gasteiger partial charge in [-0.2, -0.15) is 0 Å². The first-order chi connectivity index (χ1) is 13.7. The fourth-order valence-corrected chi connectivity index (χ4v) is 2.99. The Morgan fingerprint density at radius 3 is 2.50 bits per heavy atom. The Morgan fingerprint density at radius 1 is 1.07 bits per heavy atom. The van der Waals surface area contributed by atoms with E-state index < -0.39 is 0 Å². The zero-order valence-corrected chi connectivity index (χ0v) is 16.4. The molecule has 146 valence electrons. The maximum atomic E-state index is 12.0. The first kappa shape index (κ1) is 19.8. The number of aromatic nitrogens is 3. The van der Waals surface area contributed by atoms with Gasteiger partial charge in [-0.15, -0.1) is 5.10 Å². The maximum Gasteiger partial charge on any atom is 0.230 e. The minimum absolute atomic E-state index is 0.0867. The Kier molecular flexibility index (Phi) is 7.31. The summed E-state index contributed by atoms with van der Waals surface area (Å²) in [6, 6.07) is 17.1. The van der Waals surface area contributed by atoms with Crippen LogP contribution >= 0.6 is 11.8 Å². The molecule has 3 rings (SSSR count). The molecule has 0 saturated heterocycles. The number of hydrogen-bond donors (Lipinski definition) is 1. The fraction of sp³-hybridized carbons (Fsp3) is 0.250. The number of rotatable bonds is 10. The van der Waals surface area contributed by atoms with Crippen molar-refractivity contribution in [2.75, 3.05) is 25.5 Å². The standard InChI is InChI=1S/C20H22N4O3S/c1-2-26-17-8-10-18(11-9-17)27-13-12-21-19(25)14-28-20-22-15-24(23-20)16-6-4-3-5-7-16/h3-11,15H,2,12-14H2,1H3,(H,21,25). The molecular weight excluding hydrogens is 376 g/mol. The van der Waals surface area contributed by atoms with Gasteiger partial charge in [0.2, 0.25) is 11.1 Å². The molecule has 1 aromatic heterocycles. The lowest BCUT2D eigenvalue weighted by Gasteiger charge is -2.08. The van der Waals surface area contributed by atoms with Crippen molar-refractivity contribution in [3.8, 4) is 17.2 Å². The van der Waals surface area contributed by atoms with Crippen LogP contribution in [0.1, 0.15) is 6.92 Å². The summed E-state index contributed by atoms with van der Waals surface area (Å²) < 4.78 is 12.7. The van der Waals surface area contributed by atoms with Crippen molar-refractivity contribution in [2.45, 2.75) is 12.1 Å². The number of hydrogen-bond acceptors (Lipinski definition) is 6. The average molecular weight is 398 g/mol. The molecule has 0 aliphatic rings. The van der Waals surface area contributed by atoms with Gasteiger partial charge in [0.05, 0.1) is 24.6 Å². The number of para-hydroxylation sites is 1. The van der Waals surface area contributed by atoms with Crippen LogP contribution in [0.15, 0.2) is 66.1 Å². The largest absolute Gasteiger partial charge is 0.494 e. The van der Waals surface area contributed by atoms with Crippen LogP contribution < -0.4 is 14.8 Å². The number of nitrogens with zero attached hydrogens (tertiary/aromatic N) is 3. The van der Waals surface area contributed by atoms with Crippen LogP contribution in [-0.2, 0) is 4.79 Å². The lowest BCUT2D eigenvalue weighted by Crippen LogP contribution is -2.29. The zero-order valence-electron chi connectivity index (χ0n) is 15.6. The van der Waals surface area contributed by atoms with Gasteiger partial charge in [0, 0.05) is 0 Å². The second kappa shape index (κ2) is 10.4. The zero-order chi connectivity index (χ0) is 19.6. The van der Waals surface area contributed by atoms with Crippen LogP contribution in [0.3, 0.4) is 0 Å². The third-order valence-corrected chi connectivity index (χ3v) is 4.50. The van der Waals surface area contributed by atoms with Crippen molar-refractivity contribution in [1.29, 1.82) is 0 Å². The molecule has 0 aliphatic heterocycles. The van der Waals surface area contributed by atoms with Gasteiger partial charge in [0.15, 0.2) is 0 Å². The molecule has 7 nitrogen and oxygen atoms in total. The SMILES string of the molecule is CCOc1ccc(OCCNC(=O)CSc2ncn(-c3ccccc3)n2)cc1. The summed E-state index contributed by atoms with van der Waals surface area (Å²) in [5.74, 6) is 1.71. The Balaban J connectivity index is 1.34. The summed E-state index contributed by atoms with van der Waals surface area (Å²) in [7, 11) is 0. The van der Waals surface area contributed by atoms with Crippen LogP contribution in [0.4, 0.5) is 0 Å². The average Bonchev–Trinajstić information content (AvgIpc) is 3.21. The predicted molar refractivity (Wildman–Crippen MR) is 108 cm³/mol. The van der Waals surface area contributed by atoms with Gasteiger partial charge < -0.3 is 14.8 Å². The molecular formula is C20H22N4O3S. The molecule has 2 aromatic carbocycles. The van der Waals surface area contributed by atoms with Gasteiger partial charge in [-0.05, 0) is 43.3 Å². The first-order valence-electron chi connectivity index (χ1n) is 8.97. The predicted octanol–water partition coefficient (Wildman–Crippen LogP) is 2.95. The van der Waals surface area contributed by atoms with E-state index in [1.165, 1.54) is 11.8 Å². The number of nitrogens with one attached hydrogen (secondary N) is 1. The molecule has 1 heterocycles. The van der Waals surface area contributed by atoms with Crippen molar-refractivity contribution in [3.63, 3.8) is 0 Å². The molecule has 1 amide bonds. The number of carbonyl (C=O) groups is 1. The van der Waals surface area contributed by atoms with E-state index in [-0.39, 0.29) is 11.7 Å². The van der Waals surface area contributed by atoms with Gasteiger partial charge in [0.25, 0.3) is 0 Å². The van der Waals surface area contributed by atoms with Crippen molar-refractivity contribution in [3.05, 3.63) is 60.9 Å². The molecule has 3 aromatic rings. The molecule has 28 heavy (non-hydrogen) atoms. The number of amides is 1. The van der Waals surface area contributed by atoms with E-state index in [4.69, 9.17) is 9.47 Å². The van der Waals surface area contributed by atoms with Crippen molar-refractivity contribution < 1.29 is 14.3 Å². The molecule has 0 atom stereocenters. The molecule has 0 aliphatic carbocycles. The molecule has 0 fully saturated rings. The van der Waals surface area contributed by atoms with Crippen LogP contribution in [0, 0.1) is 0 Å². The molecule has 0 saturated carbocycles. The quantitative estimate of drug-likeness (QED) is 0.418. The van der Waals surface area contributed by atoms with Crippen molar-refractivity contribution in [2.24, 2.45) is 0 Å². The summed E-state index contributed by atoms with van der Waals surface area (Å²) in [6.45, 7) is 3.40. The molecule has 0 bridgehead atoms. The highest BCUT2D eigenvalue weighted by Crippen LogP contribution is 2.17. The minimum atomic E-state index is -0.0867. The monoisotopic (exact) mass is 398 g/mol. The minimum Gasteiger partial charge on any atom is -0.494 e. The highest BCUT2D eigenvalue weighted by atomic mass is 32.2. The Bertz CT molecular complexity index is 869. The van der Waals surface area contributed by atoms with Crippen LogP contribution in [0.2, 0.25) is 0 Å². The Hall–Kier alpha value is -3.00. The van der Waals surface area contributed by atoms with E-state index >= 15 is 0 Å². The smallest absolute Gasteiger partial charge is 0.230 e. The lowest BCUT2D eigenvalue weighted by molar-refractivity contribution is -0.118. The summed E-state index contributed by atoms with van der Waals surface area (Å²) in [5.41, 5.74) is 0.928. The Labute approximate surface area is 168 Å².